The van der Waals surface area contributed by atoms with Crippen molar-refractivity contribution in [2.75, 3.05) is 12.4 Å². The number of rotatable bonds is 4. The van der Waals surface area contributed by atoms with E-state index in [4.69, 9.17) is 4.74 Å². The summed E-state index contributed by atoms with van der Waals surface area (Å²) in [6, 6.07) is 10.7. The van der Waals surface area contributed by atoms with Gasteiger partial charge < -0.3 is 9.47 Å². The lowest BCUT2D eigenvalue weighted by molar-refractivity contribution is 0.0594. The Balaban J connectivity index is 2.00. The van der Waals surface area contributed by atoms with Crippen LogP contribution in [-0.4, -0.2) is 24.2 Å². The number of hydrogen-bond acceptors (Lipinski definition) is 5. The molecule has 0 aliphatic heterocycles. The summed E-state index contributed by atoms with van der Waals surface area (Å²) in [5.41, 5.74) is 1.33. The lowest BCUT2D eigenvalue weighted by Gasteiger charge is -2.09. The molecule has 22 heavy (non-hydrogen) atoms. The molecule has 0 aliphatic rings. The lowest BCUT2D eigenvalue weighted by Crippen LogP contribution is -2.15. The molecule has 0 atom stereocenters. The van der Waals surface area contributed by atoms with Crippen molar-refractivity contribution in [1.29, 1.82) is 0 Å². The number of pyridine rings is 1. The summed E-state index contributed by atoms with van der Waals surface area (Å²) >= 11 is 3.24. The molecular formula is C15H13BrN2O4. The van der Waals surface area contributed by atoms with E-state index in [1.165, 1.54) is 19.4 Å². The van der Waals surface area contributed by atoms with Gasteiger partial charge in [-0.15, -0.1) is 0 Å². The second-order valence-corrected chi connectivity index (χ2v) is 5.08. The number of aromatic nitrogens is 1. The number of nitrogens with zero attached hydrogens (tertiary/aromatic N) is 1. The number of anilines is 1. The van der Waals surface area contributed by atoms with Gasteiger partial charge in [0.2, 0.25) is 0 Å². The van der Waals surface area contributed by atoms with E-state index in [-0.39, 0.29) is 12.3 Å². The summed E-state index contributed by atoms with van der Waals surface area (Å²) in [7, 11) is 1.26. The third-order valence-corrected chi connectivity index (χ3v) is 3.33. The average molecular weight is 365 g/mol. The van der Waals surface area contributed by atoms with Crippen LogP contribution < -0.4 is 5.32 Å². The zero-order valence-electron chi connectivity index (χ0n) is 11.7. The van der Waals surface area contributed by atoms with Gasteiger partial charge in [0.1, 0.15) is 12.3 Å². The summed E-state index contributed by atoms with van der Waals surface area (Å²) < 4.78 is 10.2. The number of esters is 1. The van der Waals surface area contributed by atoms with Crippen LogP contribution in [0.1, 0.15) is 16.1 Å². The van der Waals surface area contributed by atoms with Crippen molar-refractivity contribution in [2.45, 2.75) is 6.61 Å². The highest BCUT2D eigenvalue weighted by Gasteiger charge is 2.13. The Hall–Kier alpha value is -2.41. The van der Waals surface area contributed by atoms with E-state index in [1.54, 1.807) is 0 Å². The summed E-state index contributed by atoms with van der Waals surface area (Å²) in [6.45, 7) is 0.152. The Bertz CT molecular complexity index is 676. The van der Waals surface area contributed by atoms with E-state index in [0.29, 0.717) is 10.2 Å². The number of carbonyl (C=O) groups is 2. The maximum absolute atomic E-state index is 11.8. The van der Waals surface area contributed by atoms with Gasteiger partial charge in [0.15, 0.2) is 0 Å². The zero-order valence-corrected chi connectivity index (χ0v) is 13.3. The molecule has 0 fully saturated rings. The van der Waals surface area contributed by atoms with Crippen LogP contribution in [0.25, 0.3) is 0 Å². The monoisotopic (exact) mass is 364 g/mol. The molecule has 0 spiro atoms. The van der Waals surface area contributed by atoms with E-state index < -0.39 is 12.1 Å². The third-order valence-electron chi connectivity index (χ3n) is 2.70. The Morgan fingerprint density at radius 2 is 2.00 bits per heavy atom. The SMILES string of the molecule is COC(=O)c1cc(NC(=O)OCc2ccccc2)c(Br)cn1. The maximum atomic E-state index is 11.8. The molecule has 0 aliphatic carbocycles. The fourth-order valence-corrected chi connectivity index (χ4v) is 1.94. The quantitative estimate of drug-likeness (QED) is 0.841. The molecule has 1 amide bonds. The lowest BCUT2D eigenvalue weighted by atomic mass is 10.2. The third kappa shape index (κ3) is 4.29. The number of halogens is 1. The first kappa shape index (κ1) is 16.0. The summed E-state index contributed by atoms with van der Waals surface area (Å²) in [5.74, 6) is -0.590. The number of benzene rings is 1. The molecular weight excluding hydrogens is 352 g/mol. The minimum atomic E-state index is -0.633. The second kappa shape index (κ2) is 7.56. The van der Waals surface area contributed by atoms with Gasteiger partial charge in [-0.1, -0.05) is 30.3 Å². The molecule has 1 N–H and O–H groups in total. The first-order valence-electron chi connectivity index (χ1n) is 6.31. The molecule has 0 saturated heterocycles. The average Bonchev–Trinajstić information content (AvgIpc) is 2.55. The van der Waals surface area contributed by atoms with Crippen molar-refractivity contribution in [3.63, 3.8) is 0 Å². The smallest absolute Gasteiger partial charge is 0.411 e. The van der Waals surface area contributed by atoms with Crippen LogP contribution in [0.4, 0.5) is 10.5 Å². The summed E-state index contributed by atoms with van der Waals surface area (Å²) in [6.07, 6.45) is 0.769. The van der Waals surface area contributed by atoms with Gasteiger partial charge in [0.25, 0.3) is 0 Å². The van der Waals surface area contributed by atoms with Crippen molar-refractivity contribution in [3.05, 3.63) is 58.3 Å². The van der Waals surface area contributed by atoms with E-state index >= 15 is 0 Å². The van der Waals surface area contributed by atoms with Crippen molar-refractivity contribution >= 4 is 33.7 Å². The Morgan fingerprint density at radius 3 is 2.68 bits per heavy atom. The molecule has 7 heteroatoms. The summed E-state index contributed by atoms with van der Waals surface area (Å²) in [4.78, 5) is 27.1. The topological polar surface area (TPSA) is 77.5 Å². The molecule has 114 valence electrons. The van der Waals surface area contributed by atoms with Crippen LogP contribution in [0.5, 0.6) is 0 Å². The Labute approximate surface area is 135 Å². The van der Waals surface area contributed by atoms with E-state index in [1.807, 2.05) is 30.3 Å². The van der Waals surface area contributed by atoms with Crippen LogP contribution >= 0.6 is 15.9 Å². The highest BCUT2D eigenvalue weighted by atomic mass is 79.9. The predicted molar refractivity (Wildman–Crippen MR) is 83.5 cm³/mol. The number of hydrogen-bond donors (Lipinski definition) is 1. The molecule has 1 aromatic heterocycles. The van der Waals surface area contributed by atoms with Gasteiger partial charge in [-0.25, -0.2) is 14.6 Å². The number of nitrogens with one attached hydrogen (secondary N) is 1. The number of methoxy groups -OCH3 is 1. The largest absolute Gasteiger partial charge is 0.464 e. The van der Waals surface area contributed by atoms with Crippen LogP contribution in [0.3, 0.4) is 0 Å². The van der Waals surface area contributed by atoms with Crippen molar-refractivity contribution in [2.24, 2.45) is 0 Å². The van der Waals surface area contributed by atoms with Crippen LogP contribution in [-0.2, 0) is 16.1 Å². The summed E-state index contributed by atoms with van der Waals surface area (Å²) in [5, 5.41) is 2.54. The highest BCUT2D eigenvalue weighted by molar-refractivity contribution is 9.10. The highest BCUT2D eigenvalue weighted by Crippen LogP contribution is 2.22. The zero-order chi connectivity index (χ0) is 15.9. The van der Waals surface area contributed by atoms with Gasteiger partial charge in [-0.2, -0.15) is 0 Å². The van der Waals surface area contributed by atoms with Gasteiger partial charge in [0.05, 0.1) is 17.3 Å². The molecule has 0 unspecified atom stereocenters. The van der Waals surface area contributed by atoms with Gasteiger partial charge in [0, 0.05) is 6.20 Å². The fraction of sp³-hybridized carbons (Fsp3) is 0.133. The molecule has 1 aromatic carbocycles. The Morgan fingerprint density at radius 1 is 1.27 bits per heavy atom. The number of carbonyl (C=O) groups excluding carboxylic acids is 2. The van der Waals surface area contributed by atoms with Gasteiger partial charge >= 0.3 is 12.1 Å². The standard InChI is InChI=1S/C15H13BrN2O4/c1-21-14(19)13-7-12(11(16)8-17-13)18-15(20)22-9-10-5-3-2-4-6-10/h2-8H,9H2,1H3,(H,17,18,20). The fourth-order valence-electron chi connectivity index (χ4n) is 1.62. The number of ether oxygens (including phenoxy) is 2. The van der Waals surface area contributed by atoms with Crippen molar-refractivity contribution in [3.8, 4) is 0 Å². The van der Waals surface area contributed by atoms with Crippen LogP contribution in [0.15, 0.2) is 47.1 Å². The molecule has 0 radical (unpaired) electrons. The van der Waals surface area contributed by atoms with Crippen molar-refractivity contribution < 1.29 is 19.1 Å². The van der Waals surface area contributed by atoms with E-state index in [9.17, 15) is 9.59 Å². The molecule has 1 heterocycles. The van der Waals surface area contributed by atoms with Crippen molar-refractivity contribution in [1.82, 2.24) is 4.98 Å². The van der Waals surface area contributed by atoms with E-state index in [0.717, 1.165) is 5.56 Å². The minimum absolute atomic E-state index is 0.0871. The normalized spacial score (nSPS) is 9.91. The Kier molecular flexibility index (Phi) is 5.48. The minimum Gasteiger partial charge on any atom is -0.464 e. The molecule has 2 rings (SSSR count). The molecule has 0 saturated carbocycles. The maximum Gasteiger partial charge on any atom is 0.411 e. The van der Waals surface area contributed by atoms with Gasteiger partial charge in [-0.3, -0.25) is 5.32 Å². The van der Waals surface area contributed by atoms with Crippen LogP contribution in [0, 0.1) is 0 Å². The molecule has 0 bridgehead atoms. The second-order valence-electron chi connectivity index (χ2n) is 4.23. The molecule has 2 aromatic rings. The molecule has 6 nitrogen and oxygen atoms in total. The van der Waals surface area contributed by atoms with Gasteiger partial charge in [-0.05, 0) is 27.6 Å². The van der Waals surface area contributed by atoms with E-state index in [2.05, 4.69) is 31.0 Å². The first-order chi connectivity index (χ1) is 10.6. The first-order valence-corrected chi connectivity index (χ1v) is 7.11. The predicted octanol–water partition coefficient (Wildman–Crippen LogP) is 3.38. The van der Waals surface area contributed by atoms with Crippen LogP contribution in [0.2, 0.25) is 0 Å². The number of amides is 1.